The first-order valence-corrected chi connectivity index (χ1v) is 17.1. The lowest BCUT2D eigenvalue weighted by atomic mass is 9.88. The van der Waals surface area contributed by atoms with Crippen molar-refractivity contribution in [1.29, 1.82) is 0 Å². The maximum absolute atomic E-state index is 14.5. The molecule has 11 nitrogen and oxygen atoms in total. The van der Waals surface area contributed by atoms with Crippen LogP contribution in [0.1, 0.15) is 36.6 Å². The molecule has 12 heteroatoms. The number of nitrogens with one attached hydrogen (secondary N) is 1. The highest BCUT2D eigenvalue weighted by atomic mass is 32.2. The number of sulfonamides is 1. The molecule has 7 rings (SSSR count). The number of pyridine rings is 1. The van der Waals surface area contributed by atoms with E-state index in [1.165, 1.54) is 15.9 Å². The molecule has 2 aromatic carbocycles. The summed E-state index contributed by atoms with van der Waals surface area (Å²) in [4.78, 5) is 26.3. The van der Waals surface area contributed by atoms with Crippen LogP contribution in [0.3, 0.4) is 0 Å². The highest BCUT2D eigenvalue weighted by Crippen LogP contribution is 2.36. The molecule has 2 unspecified atom stereocenters. The van der Waals surface area contributed by atoms with Crippen LogP contribution in [0.25, 0.3) is 16.6 Å². The Bertz CT molecular complexity index is 1960. The van der Waals surface area contributed by atoms with Gasteiger partial charge in [0, 0.05) is 62.6 Å². The zero-order valence-electron chi connectivity index (χ0n) is 26.1. The van der Waals surface area contributed by atoms with Crippen molar-refractivity contribution in [1.82, 2.24) is 23.7 Å². The van der Waals surface area contributed by atoms with Gasteiger partial charge in [0.2, 0.25) is 16.0 Å². The summed E-state index contributed by atoms with van der Waals surface area (Å²) in [7, 11) is -0.265. The molecule has 0 saturated carbocycles. The van der Waals surface area contributed by atoms with E-state index in [0.717, 1.165) is 49.4 Å². The van der Waals surface area contributed by atoms with Gasteiger partial charge in [-0.2, -0.15) is 9.29 Å². The van der Waals surface area contributed by atoms with Gasteiger partial charge in [0.15, 0.2) is 0 Å². The highest BCUT2D eigenvalue weighted by molar-refractivity contribution is 7.89. The van der Waals surface area contributed by atoms with Crippen LogP contribution in [0, 0.1) is 5.92 Å². The van der Waals surface area contributed by atoms with E-state index in [2.05, 4.69) is 28.8 Å². The monoisotopic (exact) mass is 642 g/mol. The molecule has 1 N–H and O–H groups in total. The molecule has 240 valence electrons. The number of nitrogens with zero attached hydrogens (tertiary/aromatic N) is 5. The van der Waals surface area contributed by atoms with Crippen LogP contribution >= 0.6 is 0 Å². The summed E-state index contributed by atoms with van der Waals surface area (Å²) in [6.07, 6.45) is 3.83. The summed E-state index contributed by atoms with van der Waals surface area (Å²) >= 11 is 0. The topological polar surface area (TPSA) is 119 Å². The molecule has 5 heterocycles. The molecule has 46 heavy (non-hydrogen) atoms. The van der Waals surface area contributed by atoms with Crippen molar-refractivity contribution in [3.05, 3.63) is 88.9 Å². The molecule has 4 aromatic rings. The number of hydrogen-bond acceptors (Lipinski definition) is 9. The second-order valence-electron chi connectivity index (χ2n) is 12.4. The van der Waals surface area contributed by atoms with Gasteiger partial charge < -0.3 is 19.7 Å². The Hall–Kier alpha value is -4.10. The van der Waals surface area contributed by atoms with Gasteiger partial charge in [0.1, 0.15) is 23.7 Å². The van der Waals surface area contributed by atoms with E-state index in [4.69, 9.17) is 14.5 Å². The van der Waals surface area contributed by atoms with Crippen molar-refractivity contribution in [2.45, 2.75) is 42.8 Å². The van der Waals surface area contributed by atoms with Crippen molar-refractivity contribution in [2.24, 2.45) is 5.92 Å². The fourth-order valence-corrected chi connectivity index (χ4v) is 8.23. The molecule has 0 amide bonds. The first kappa shape index (κ1) is 30.5. The number of anilines is 2. The lowest BCUT2D eigenvalue weighted by molar-refractivity contribution is 0.0808. The second kappa shape index (κ2) is 12.3. The Kier molecular flexibility index (Phi) is 8.14. The molecule has 3 aliphatic heterocycles. The predicted molar refractivity (Wildman–Crippen MR) is 177 cm³/mol. The quantitative estimate of drug-likeness (QED) is 0.312. The molecular weight excluding hydrogens is 604 g/mol. The standard InChI is InChI=1S/C34H38N6O5S/c1-22(23-13-16-44-17-14-23)29-18-25-20-35-34(36-26-8-10-27(11-9-26)45-28-12-15-38(2)21-28)37-32(25)40(33(29)41)31-19-24-6-4-5-7-30(24)46(42,43)39(31)3/h4-11,18,20,23,28,31H,1,12-17,19,21H2,2-3H3,(H,35,36,37). The van der Waals surface area contributed by atoms with Gasteiger partial charge in [0.25, 0.3) is 5.56 Å². The number of hydrogen-bond donors (Lipinski definition) is 1. The molecule has 0 bridgehead atoms. The number of likely N-dealkylation sites (N-methyl/N-ethyl adjacent to an activating group) is 2. The van der Waals surface area contributed by atoms with Gasteiger partial charge in [-0.15, -0.1) is 0 Å². The summed E-state index contributed by atoms with van der Waals surface area (Å²) < 4.78 is 41.8. The molecule has 0 aliphatic carbocycles. The minimum atomic E-state index is -3.87. The summed E-state index contributed by atoms with van der Waals surface area (Å²) in [6.45, 7) is 7.47. The number of ether oxygens (including phenoxy) is 2. The number of allylic oxidation sites excluding steroid dienone is 1. The Morgan fingerprint density at radius 2 is 1.83 bits per heavy atom. The van der Waals surface area contributed by atoms with E-state index < -0.39 is 16.2 Å². The maximum Gasteiger partial charge on any atom is 0.261 e. The lowest BCUT2D eigenvalue weighted by Gasteiger charge is -2.35. The van der Waals surface area contributed by atoms with E-state index in [1.807, 2.05) is 30.3 Å². The van der Waals surface area contributed by atoms with Gasteiger partial charge in [-0.05, 0) is 79.8 Å². The third-order valence-corrected chi connectivity index (χ3v) is 11.3. The Morgan fingerprint density at radius 1 is 1.07 bits per heavy atom. The highest BCUT2D eigenvalue weighted by Gasteiger charge is 2.38. The molecule has 2 aromatic heterocycles. The summed E-state index contributed by atoms with van der Waals surface area (Å²) in [5.41, 5.74) is 2.57. The van der Waals surface area contributed by atoms with E-state index in [-0.39, 0.29) is 28.4 Å². The van der Waals surface area contributed by atoms with Crippen LogP contribution in [0.5, 0.6) is 5.75 Å². The Morgan fingerprint density at radius 3 is 2.57 bits per heavy atom. The Labute approximate surface area is 268 Å². The molecule has 0 spiro atoms. The number of likely N-dealkylation sites (tertiary alicyclic amines) is 1. The van der Waals surface area contributed by atoms with Crippen LogP contribution in [0.15, 0.2) is 77.1 Å². The fourth-order valence-electron chi connectivity index (χ4n) is 6.70. The van der Waals surface area contributed by atoms with Crippen molar-refractivity contribution < 1.29 is 17.9 Å². The number of benzene rings is 2. The lowest BCUT2D eigenvalue weighted by Crippen LogP contribution is -2.44. The molecule has 3 aliphatic rings. The van der Waals surface area contributed by atoms with Crippen LogP contribution in [-0.2, 0) is 21.2 Å². The normalized spacial score (nSPS) is 22.0. The van der Waals surface area contributed by atoms with E-state index in [9.17, 15) is 13.2 Å². The average Bonchev–Trinajstić information content (AvgIpc) is 3.48. The fraction of sp³-hybridized carbons (Fsp3) is 0.382. The number of aromatic nitrogens is 3. The van der Waals surface area contributed by atoms with Crippen LogP contribution in [0.4, 0.5) is 11.6 Å². The molecule has 2 atom stereocenters. The summed E-state index contributed by atoms with van der Waals surface area (Å²) in [5.74, 6) is 1.16. The van der Waals surface area contributed by atoms with Crippen molar-refractivity contribution in [2.75, 3.05) is 45.7 Å². The van der Waals surface area contributed by atoms with Crippen LogP contribution < -0.4 is 15.6 Å². The largest absolute Gasteiger partial charge is 0.489 e. The zero-order valence-corrected chi connectivity index (χ0v) is 26.9. The number of rotatable bonds is 7. The van der Waals surface area contributed by atoms with Gasteiger partial charge in [-0.1, -0.05) is 24.8 Å². The van der Waals surface area contributed by atoms with Crippen LogP contribution in [0.2, 0.25) is 0 Å². The minimum absolute atomic E-state index is 0.0873. The smallest absolute Gasteiger partial charge is 0.261 e. The number of fused-ring (bicyclic) bond motifs is 2. The average molecular weight is 643 g/mol. The van der Waals surface area contributed by atoms with Crippen molar-refractivity contribution in [3.8, 4) is 5.75 Å². The van der Waals surface area contributed by atoms with E-state index >= 15 is 0 Å². The third-order valence-electron chi connectivity index (χ3n) is 9.34. The molecule has 0 radical (unpaired) electrons. The molecular formula is C34H38N6O5S. The van der Waals surface area contributed by atoms with E-state index in [1.54, 1.807) is 30.5 Å². The minimum Gasteiger partial charge on any atom is -0.489 e. The molecule has 2 fully saturated rings. The first-order valence-electron chi connectivity index (χ1n) is 15.7. The SMILES string of the molecule is C=C(c1cc2cnc(Nc3ccc(OC4CCN(C)C4)cc3)nc2n(C2Cc3ccccc3S(=O)(=O)N2C)c1=O)C1CCOCC1. The Balaban J connectivity index is 1.28. The third kappa shape index (κ3) is 5.70. The summed E-state index contributed by atoms with van der Waals surface area (Å²) in [6, 6.07) is 16.3. The van der Waals surface area contributed by atoms with Gasteiger partial charge in [-0.25, -0.2) is 13.4 Å². The van der Waals surface area contributed by atoms with Gasteiger partial charge in [0.05, 0.1) is 4.90 Å². The second-order valence-corrected chi connectivity index (χ2v) is 14.3. The van der Waals surface area contributed by atoms with E-state index in [0.29, 0.717) is 41.8 Å². The van der Waals surface area contributed by atoms with Crippen LogP contribution in [-0.4, -0.2) is 78.7 Å². The van der Waals surface area contributed by atoms with Gasteiger partial charge >= 0.3 is 0 Å². The molecule has 2 saturated heterocycles. The summed E-state index contributed by atoms with van der Waals surface area (Å²) in [5, 5.41) is 3.86. The first-order chi connectivity index (χ1) is 22.2. The van der Waals surface area contributed by atoms with Gasteiger partial charge in [-0.3, -0.25) is 9.36 Å². The van der Waals surface area contributed by atoms with Crippen molar-refractivity contribution in [3.63, 3.8) is 0 Å². The maximum atomic E-state index is 14.5. The zero-order chi connectivity index (χ0) is 32.0. The van der Waals surface area contributed by atoms with Crippen molar-refractivity contribution >= 4 is 38.3 Å². The predicted octanol–water partition coefficient (Wildman–Crippen LogP) is 4.43.